The number of anilines is 2. The topological polar surface area (TPSA) is 75.7 Å². The van der Waals surface area contributed by atoms with Crippen LogP contribution in [0.15, 0.2) is 24.3 Å². The minimum atomic E-state index is -0.423. The highest BCUT2D eigenvalue weighted by Gasteiger charge is 2.29. The molecule has 2 rings (SSSR count). The second-order valence-corrected chi connectivity index (χ2v) is 4.90. The van der Waals surface area contributed by atoms with Gasteiger partial charge in [0.05, 0.1) is 11.4 Å². The van der Waals surface area contributed by atoms with Gasteiger partial charge in [0, 0.05) is 18.9 Å². The van der Waals surface area contributed by atoms with Crippen LogP contribution in [-0.4, -0.2) is 30.4 Å². The van der Waals surface area contributed by atoms with Crippen molar-refractivity contribution in [2.24, 2.45) is 0 Å². The zero-order valence-electron chi connectivity index (χ0n) is 12.1. The van der Waals surface area contributed by atoms with Gasteiger partial charge in [-0.25, -0.2) is 0 Å². The van der Waals surface area contributed by atoms with Crippen LogP contribution in [0.25, 0.3) is 0 Å². The lowest BCUT2D eigenvalue weighted by Gasteiger charge is -2.27. The molecule has 2 amide bonds. The van der Waals surface area contributed by atoms with Gasteiger partial charge in [-0.1, -0.05) is 19.1 Å². The lowest BCUT2D eigenvalue weighted by Crippen LogP contribution is -2.41. The van der Waals surface area contributed by atoms with Crippen LogP contribution in [0, 0.1) is 0 Å². The first-order chi connectivity index (χ1) is 10.0. The summed E-state index contributed by atoms with van der Waals surface area (Å²) in [6.45, 7) is 3.14. The Bertz CT molecular complexity index is 571. The number of hydrogen-bond donors (Lipinski definition) is 1. The monoisotopic (exact) mass is 290 g/mol. The second-order valence-electron chi connectivity index (χ2n) is 4.90. The summed E-state index contributed by atoms with van der Waals surface area (Å²) >= 11 is 0. The normalized spacial score (nSPS) is 17.5. The Morgan fingerprint density at radius 2 is 2.10 bits per heavy atom. The fourth-order valence-electron chi connectivity index (χ4n) is 2.28. The number of carbonyl (C=O) groups excluding carboxylic acids is 3. The molecule has 0 spiro atoms. The number of hydrogen-bond acceptors (Lipinski definition) is 4. The molecule has 0 bridgehead atoms. The first kappa shape index (κ1) is 15.0. The second kappa shape index (κ2) is 6.39. The van der Waals surface area contributed by atoms with E-state index in [1.165, 1.54) is 4.90 Å². The molecule has 0 saturated carbocycles. The molecule has 0 fully saturated rings. The quantitative estimate of drug-likeness (QED) is 0.860. The van der Waals surface area contributed by atoms with E-state index < -0.39 is 5.97 Å². The Balaban J connectivity index is 2.25. The summed E-state index contributed by atoms with van der Waals surface area (Å²) in [4.78, 5) is 36.9. The van der Waals surface area contributed by atoms with Gasteiger partial charge in [0.15, 0.2) is 6.61 Å². The molecular weight excluding hydrogens is 272 g/mol. The number of para-hydroxylation sites is 2. The van der Waals surface area contributed by atoms with E-state index in [0.717, 1.165) is 0 Å². The molecule has 1 aliphatic heterocycles. The lowest BCUT2D eigenvalue weighted by molar-refractivity contribution is -0.147. The number of rotatable bonds is 3. The molecule has 1 heterocycles. The van der Waals surface area contributed by atoms with Gasteiger partial charge in [0.25, 0.3) is 5.91 Å². The van der Waals surface area contributed by atoms with Crippen LogP contribution in [-0.2, 0) is 19.1 Å². The smallest absolute Gasteiger partial charge is 0.306 e. The first-order valence-electron chi connectivity index (χ1n) is 6.89. The van der Waals surface area contributed by atoms with Gasteiger partial charge >= 0.3 is 5.97 Å². The molecule has 6 nitrogen and oxygen atoms in total. The molecule has 1 N–H and O–H groups in total. The third kappa shape index (κ3) is 3.39. The van der Waals surface area contributed by atoms with Crippen LogP contribution in [0.3, 0.4) is 0 Å². The highest BCUT2D eigenvalue weighted by molar-refractivity contribution is 6.05. The Hall–Kier alpha value is -2.37. The largest absolute Gasteiger partial charge is 0.456 e. The number of nitrogens with one attached hydrogen (secondary N) is 1. The van der Waals surface area contributed by atoms with Gasteiger partial charge in [-0.3, -0.25) is 14.4 Å². The zero-order valence-corrected chi connectivity index (χ0v) is 12.1. The summed E-state index contributed by atoms with van der Waals surface area (Å²) in [7, 11) is 0. The molecule has 6 heteroatoms. The molecule has 1 atom stereocenters. The van der Waals surface area contributed by atoms with E-state index in [1.807, 2.05) is 0 Å². The lowest BCUT2D eigenvalue weighted by atomic mass is 10.1. The number of fused-ring (bicyclic) bond motifs is 1. The van der Waals surface area contributed by atoms with E-state index in [9.17, 15) is 14.4 Å². The predicted octanol–water partition coefficient (Wildman–Crippen LogP) is 1.70. The molecule has 112 valence electrons. The maximum Gasteiger partial charge on any atom is 0.306 e. The highest BCUT2D eigenvalue weighted by Crippen LogP contribution is 2.31. The van der Waals surface area contributed by atoms with Gasteiger partial charge in [-0.2, -0.15) is 0 Å². The Labute approximate surface area is 123 Å². The maximum atomic E-state index is 12.4. The number of nitrogens with zero attached hydrogens (tertiary/aromatic N) is 1. The van der Waals surface area contributed by atoms with E-state index >= 15 is 0 Å². The summed E-state index contributed by atoms with van der Waals surface area (Å²) in [5.41, 5.74) is 1.20. The number of benzene rings is 1. The molecule has 0 aromatic heterocycles. The molecule has 1 aromatic rings. The van der Waals surface area contributed by atoms with Crippen LogP contribution in [0.5, 0.6) is 0 Å². The molecule has 1 aliphatic rings. The van der Waals surface area contributed by atoms with Crippen molar-refractivity contribution in [3.8, 4) is 0 Å². The summed E-state index contributed by atoms with van der Waals surface area (Å²) in [6, 6.07) is 6.78. The fraction of sp³-hybridized carbons (Fsp3) is 0.400. The highest BCUT2D eigenvalue weighted by atomic mass is 16.5. The molecule has 0 aliphatic carbocycles. The first-order valence-corrected chi connectivity index (χ1v) is 6.89. The minimum absolute atomic E-state index is 0.143. The molecule has 1 aromatic carbocycles. The summed E-state index contributed by atoms with van der Waals surface area (Å²) in [5, 5.41) is 2.77. The number of esters is 1. The van der Waals surface area contributed by atoms with Crippen molar-refractivity contribution in [2.45, 2.75) is 32.7 Å². The molecule has 0 radical (unpaired) electrons. The Morgan fingerprint density at radius 1 is 1.38 bits per heavy atom. The molecule has 0 unspecified atom stereocenters. The van der Waals surface area contributed by atoms with Crippen LogP contribution < -0.4 is 10.2 Å². The van der Waals surface area contributed by atoms with E-state index in [4.69, 9.17) is 4.74 Å². The fourth-order valence-corrected chi connectivity index (χ4v) is 2.28. The van der Waals surface area contributed by atoms with Crippen molar-refractivity contribution in [3.63, 3.8) is 0 Å². The van der Waals surface area contributed by atoms with Gasteiger partial charge in [-0.15, -0.1) is 0 Å². The Morgan fingerprint density at radius 3 is 2.81 bits per heavy atom. The Kier molecular flexibility index (Phi) is 4.57. The van der Waals surface area contributed by atoms with Crippen molar-refractivity contribution in [2.75, 3.05) is 16.8 Å². The average Bonchev–Trinajstić information content (AvgIpc) is 2.58. The van der Waals surface area contributed by atoms with Gasteiger partial charge in [-0.05, 0) is 19.1 Å². The van der Waals surface area contributed by atoms with E-state index in [2.05, 4.69) is 5.32 Å². The molecule has 0 saturated heterocycles. The van der Waals surface area contributed by atoms with E-state index in [1.54, 1.807) is 38.1 Å². The average molecular weight is 290 g/mol. The van der Waals surface area contributed by atoms with Crippen LogP contribution in [0.4, 0.5) is 11.4 Å². The third-order valence-corrected chi connectivity index (χ3v) is 3.27. The standard InChI is InChI=1S/C15H18N2O4/c1-3-15(20)21-9-14(19)17-10(2)8-13(18)16-11-6-4-5-7-12(11)17/h4-7,10H,3,8-9H2,1-2H3,(H,16,18)/t10-/m0/s1. The SMILES string of the molecule is CCC(=O)OCC(=O)N1c2ccccc2NC(=O)C[C@@H]1C. The van der Waals surface area contributed by atoms with Crippen LogP contribution in [0.2, 0.25) is 0 Å². The number of ether oxygens (including phenoxy) is 1. The third-order valence-electron chi connectivity index (χ3n) is 3.27. The number of amides is 2. The predicted molar refractivity (Wildman–Crippen MR) is 77.9 cm³/mol. The van der Waals surface area contributed by atoms with Gasteiger partial charge < -0.3 is 15.0 Å². The van der Waals surface area contributed by atoms with Crippen molar-refractivity contribution in [1.29, 1.82) is 0 Å². The summed E-state index contributed by atoms with van der Waals surface area (Å²) in [5.74, 6) is -0.905. The maximum absolute atomic E-state index is 12.4. The summed E-state index contributed by atoms with van der Waals surface area (Å²) < 4.78 is 4.90. The summed E-state index contributed by atoms with van der Waals surface area (Å²) in [6.07, 6.45) is 0.418. The van der Waals surface area contributed by atoms with Crippen molar-refractivity contribution in [1.82, 2.24) is 0 Å². The van der Waals surface area contributed by atoms with Gasteiger partial charge in [0.1, 0.15) is 0 Å². The van der Waals surface area contributed by atoms with Crippen LogP contribution >= 0.6 is 0 Å². The van der Waals surface area contributed by atoms with Crippen molar-refractivity contribution < 1.29 is 19.1 Å². The van der Waals surface area contributed by atoms with E-state index in [0.29, 0.717) is 11.4 Å². The molecular formula is C15H18N2O4. The van der Waals surface area contributed by atoms with Crippen LogP contribution in [0.1, 0.15) is 26.7 Å². The van der Waals surface area contributed by atoms with E-state index in [-0.39, 0.29) is 37.3 Å². The van der Waals surface area contributed by atoms with Crippen molar-refractivity contribution in [3.05, 3.63) is 24.3 Å². The number of carbonyl (C=O) groups is 3. The van der Waals surface area contributed by atoms with Gasteiger partial charge in [0.2, 0.25) is 5.91 Å². The zero-order chi connectivity index (χ0) is 15.4. The van der Waals surface area contributed by atoms with Crippen molar-refractivity contribution >= 4 is 29.2 Å². The minimum Gasteiger partial charge on any atom is -0.456 e. The molecule has 21 heavy (non-hydrogen) atoms.